The zero-order valence-corrected chi connectivity index (χ0v) is 25.0. The van der Waals surface area contributed by atoms with E-state index in [1.54, 1.807) is 19.4 Å². The molecule has 190 valence electrons. The average Bonchev–Trinajstić information content (AvgIpc) is 3.37. The van der Waals surface area contributed by atoms with Gasteiger partial charge < -0.3 is 9.47 Å². The third-order valence-corrected chi connectivity index (χ3v) is 8.29. The van der Waals surface area contributed by atoms with Crippen molar-refractivity contribution in [3.63, 3.8) is 0 Å². The topological polar surface area (TPSA) is 72.8 Å². The van der Waals surface area contributed by atoms with Crippen LogP contribution < -0.4 is 14.9 Å². The first-order valence-corrected chi connectivity index (χ1v) is 14.6. The SMILES string of the molecule is COc1cc(/C=N/NC(=O)CSc2nc(-c3ccc(Cl)cc3)cs2)cc(Br)c1OCc1ccc(Br)cc1. The molecule has 0 aliphatic carbocycles. The van der Waals surface area contributed by atoms with Crippen molar-refractivity contribution >= 4 is 78.7 Å². The molecule has 37 heavy (non-hydrogen) atoms. The molecule has 6 nitrogen and oxygen atoms in total. The van der Waals surface area contributed by atoms with E-state index in [0.717, 1.165) is 31.2 Å². The van der Waals surface area contributed by atoms with Crippen LogP contribution in [0.15, 0.2) is 84.4 Å². The first-order chi connectivity index (χ1) is 17.9. The van der Waals surface area contributed by atoms with E-state index in [-0.39, 0.29) is 11.7 Å². The van der Waals surface area contributed by atoms with Gasteiger partial charge in [0.15, 0.2) is 15.8 Å². The van der Waals surface area contributed by atoms with Crippen LogP contribution in [0.3, 0.4) is 0 Å². The first kappa shape index (κ1) is 27.7. The van der Waals surface area contributed by atoms with Crippen molar-refractivity contribution in [2.75, 3.05) is 12.9 Å². The molecule has 1 amide bonds. The number of thiazole rings is 1. The number of carbonyl (C=O) groups is 1. The summed E-state index contributed by atoms with van der Waals surface area (Å²) in [6, 6.07) is 19.0. The van der Waals surface area contributed by atoms with E-state index in [2.05, 4.69) is 47.4 Å². The minimum atomic E-state index is -0.232. The van der Waals surface area contributed by atoms with Crippen molar-refractivity contribution in [1.29, 1.82) is 0 Å². The highest BCUT2D eigenvalue weighted by Gasteiger charge is 2.12. The van der Waals surface area contributed by atoms with Crippen LogP contribution in [0.5, 0.6) is 11.5 Å². The number of thioether (sulfide) groups is 1. The molecule has 0 saturated heterocycles. The van der Waals surface area contributed by atoms with Gasteiger partial charge in [-0.15, -0.1) is 11.3 Å². The maximum atomic E-state index is 12.3. The summed E-state index contributed by atoms with van der Waals surface area (Å²) in [5.74, 6) is 1.10. The van der Waals surface area contributed by atoms with Crippen LogP contribution in [0.25, 0.3) is 11.3 Å². The van der Waals surface area contributed by atoms with Crippen molar-refractivity contribution in [3.05, 3.63) is 91.1 Å². The number of benzene rings is 3. The monoisotopic (exact) mass is 679 g/mol. The molecule has 1 aromatic heterocycles. The summed E-state index contributed by atoms with van der Waals surface area (Å²) in [4.78, 5) is 16.8. The van der Waals surface area contributed by atoms with Crippen molar-refractivity contribution in [1.82, 2.24) is 10.4 Å². The lowest BCUT2D eigenvalue weighted by Gasteiger charge is -2.13. The van der Waals surface area contributed by atoms with Gasteiger partial charge in [-0.3, -0.25) is 4.79 Å². The lowest BCUT2D eigenvalue weighted by Crippen LogP contribution is -2.19. The number of amides is 1. The summed E-state index contributed by atoms with van der Waals surface area (Å²) in [5.41, 5.74) is 6.15. The van der Waals surface area contributed by atoms with Gasteiger partial charge in [-0.05, 0) is 63.5 Å². The van der Waals surface area contributed by atoms with Gasteiger partial charge in [0.1, 0.15) is 6.61 Å². The second kappa shape index (κ2) is 13.4. The van der Waals surface area contributed by atoms with Crippen LogP contribution in [0.2, 0.25) is 5.02 Å². The molecule has 0 bridgehead atoms. The predicted octanol–water partition coefficient (Wildman–Crippen LogP) is 7.82. The molecule has 0 saturated carbocycles. The normalized spacial score (nSPS) is 11.0. The lowest BCUT2D eigenvalue weighted by atomic mass is 10.2. The lowest BCUT2D eigenvalue weighted by molar-refractivity contribution is -0.118. The molecule has 0 aliphatic heterocycles. The summed E-state index contributed by atoms with van der Waals surface area (Å²) in [7, 11) is 1.57. The maximum Gasteiger partial charge on any atom is 0.250 e. The Kier molecular flexibility index (Phi) is 10.0. The van der Waals surface area contributed by atoms with E-state index in [1.165, 1.54) is 23.1 Å². The quantitative estimate of drug-likeness (QED) is 0.105. The van der Waals surface area contributed by atoms with Gasteiger partial charge >= 0.3 is 0 Å². The summed E-state index contributed by atoms with van der Waals surface area (Å²) < 4.78 is 14.0. The number of hydrazone groups is 1. The van der Waals surface area contributed by atoms with Crippen molar-refractivity contribution in [3.8, 4) is 22.8 Å². The molecule has 0 spiro atoms. The fourth-order valence-corrected chi connectivity index (χ4v) is 5.70. The Labute approximate surface area is 244 Å². The number of halogens is 3. The van der Waals surface area contributed by atoms with Gasteiger partial charge in [-0.1, -0.05) is 63.6 Å². The van der Waals surface area contributed by atoms with Gasteiger partial charge in [0.25, 0.3) is 5.91 Å². The average molecular weight is 682 g/mol. The summed E-state index contributed by atoms with van der Waals surface area (Å²) in [5, 5.41) is 6.71. The van der Waals surface area contributed by atoms with E-state index < -0.39 is 0 Å². The van der Waals surface area contributed by atoms with E-state index >= 15 is 0 Å². The van der Waals surface area contributed by atoms with Gasteiger partial charge in [0, 0.05) is 20.4 Å². The smallest absolute Gasteiger partial charge is 0.250 e. The van der Waals surface area contributed by atoms with Crippen molar-refractivity contribution in [2.24, 2.45) is 5.10 Å². The van der Waals surface area contributed by atoms with Crippen LogP contribution in [-0.2, 0) is 11.4 Å². The van der Waals surface area contributed by atoms with Crippen molar-refractivity contribution < 1.29 is 14.3 Å². The zero-order valence-electron chi connectivity index (χ0n) is 19.4. The highest BCUT2D eigenvalue weighted by molar-refractivity contribution is 9.10. The Morgan fingerprint density at radius 3 is 2.65 bits per heavy atom. The van der Waals surface area contributed by atoms with E-state index in [1.807, 2.05) is 60.0 Å². The van der Waals surface area contributed by atoms with Gasteiger partial charge in [0.2, 0.25) is 0 Å². The minimum Gasteiger partial charge on any atom is -0.493 e. The van der Waals surface area contributed by atoms with Crippen LogP contribution in [0.1, 0.15) is 11.1 Å². The molecule has 0 atom stereocenters. The summed E-state index contributed by atoms with van der Waals surface area (Å²) >= 11 is 15.8. The third-order valence-electron chi connectivity index (χ3n) is 4.90. The molecule has 4 rings (SSSR count). The number of aromatic nitrogens is 1. The second-order valence-corrected chi connectivity index (χ2v) is 11.8. The van der Waals surface area contributed by atoms with Crippen molar-refractivity contribution in [2.45, 2.75) is 10.9 Å². The van der Waals surface area contributed by atoms with E-state index in [9.17, 15) is 4.79 Å². The molecule has 0 unspecified atom stereocenters. The van der Waals surface area contributed by atoms with Gasteiger partial charge in [-0.25, -0.2) is 10.4 Å². The molecular weight excluding hydrogens is 662 g/mol. The third kappa shape index (κ3) is 8.05. The number of carbonyl (C=O) groups excluding carboxylic acids is 1. The molecule has 1 N–H and O–H groups in total. The van der Waals surface area contributed by atoms with E-state index in [0.29, 0.717) is 27.6 Å². The molecule has 0 radical (unpaired) electrons. The minimum absolute atomic E-state index is 0.195. The largest absolute Gasteiger partial charge is 0.493 e. The Morgan fingerprint density at radius 2 is 1.92 bits per heavy atom. The Balaban J connectivity index is 1.30. The highest BCUT2D eigenvalue weighted by Crippen LogP contribution is 2.37. The first-order valence-electron chi connectivity index (χ1n) is 10.8. The standard InChI is InChI=1S/C26H20Br2ClN3O3S2/c1-34-23-11-17(10-21(28)25(23)35-13-16-2-6-19(27)7-3-16)12-30-32-24(33)15-37-26-31-22(14-36-26)18-4-8-20(29)9-5-18/h2-12,14H,13,15H2,1H3,(H,32,33)/b30-12+. The molecule has 11 heteroatoms. The number of methoxy groups -OCH3 is 1. The Bertz CT molecular complexity index is 1400. The molecule has 1 heterocycles. The second-order valence-electron chi connectivity index (χ2n) is 7.54. The zero-order chi connectivity index (χ0) is 26.2. The number of nitrogens with one attached hydrogen (secondary N) is 1. The highest BCUT2D eigenvalue weighted by atomic mass is 79.9. The van der Waals surface area contributed by atoms with Crippen LogP contribution >= 0.6 is 66.6 Å². The Hall–Kier alpha value is -2.37. The number of nitrogens with zero attached hydrogens (tertiary/aromatic N) is 2. The number of hydrogen-bond donors (Lipinski definition) is 1. The van der Waals surface area contributed by atoms with Gasteiger partial charge in [0.05, 0.1) is 29.2 Å². The van der Waals surface area contributed by atoms with Crippen LogP contribution in [0.4, 0.5) is 0 Å². The Morgan fingerprint density at radius 1 is 1.16 bits per heavy atom. The molecular formula is C26H20Br2ClN3O3S2. The number of hydrogen-bond acceptors (Lipinski definition) is 7. The fraction of sp³-hybridized carbons (Fsp3) is 0.115. The molecule has 0 fully saturated rings. The predicted molar refractivity (Wildman–Crippen MR) is 158 cm³/mol. The fourth-order valence-electron chi connectivity index (χ4n) is 3.11. The summed E-state index contributed by atoms with van der Waals surface area (Å²) in [6.07, 6.45) is 1.55. The molecule has 4 aromatic rings. The summed E-state index contributed by atoms with van der Waals surface area (Å²) in [6.45, 7) is 0.393. The maximum absolute atomic E-state index is 12.3. The van der Waals surface area contributed by atoms with Crippen LogP contribution in [-0.4, -0.2) is 30.0 Å². The molecule has 0 aliphatic rings. The van der Waals surface area contributed by atoms with E-state index in [4.69, 9.17) is 21.1 Å². The number of rotatable bonds is 10. The van der Waals surface area contributed by atoms with Gasteiger partial charge in [-0.2, -0.15) is 5.10 Å². The molecule has 3 aromatic carbocycles. The number of ether oxygens (including phenoxy) is 2. The van der Waals surface area contributed by atoms with Crippen LogP contribution in [0, 0.1) is 0 Å².